The van der Waals surface area contributed by atoms with Crippen molar-refractivity contribution in [3.8, 4) is 6.01 Å². The van der Waals surface area contributed by atoms with E-state index in [-0.39, 0.29) is 17.4 Å². The van der Waals surface area contributed by atoms with Crippen molar-refractivity contribution < 1.29 is 19.1 Å². The molecule has 0 aliphatic carbocycles. The van der Waals surface area contributed by atoms with Crippen molar-refractivity contribution in [3.05, 3.63) is 18.0 Å². The summed E-state index contributed by atoms with van der Waals surface area (Å²) in [5.41, 5.74) is 0.205. The maximum atomic E-state index is 12.6. The van der Waals surface area contributed by atoms with E-state index in [0.717, 1.165) is 18.5 Å². The van der Waals surface area contributed by atoms with E-state index in [1.54, 1.807) is 17.2 Å². The van der Waals surface area contributed by atoms with Crippen molar-refractivity contribution in [2.24, 2.45) is 5.41 Å². The number of methoxy groups -OCH3 is 1. The summed E-state index contributed by atoms with van der Waals surface area (Å²) in [6.07, 6.45) is 3.50. The van der Waals surface area contributed by atoms with Gasteiger partial charge in [-0.2, -0.15) is 4.98 Å². The van der Waals surface area contributed by atoms with E-state index in [1.807, 2.05) is 25.7 Å². The molecule has 0 aromatic carbocycles. The van der Waals surface area contributed by atoms with Crippen LogP contribution < -0.4 is 4.74 Å². The summed E-state index contributed by atoms with van der Waals surface area (Å²) in [6, 6.07) is 2.10. The third kappa shape index (κ3) is 4.67. The normalized spacial score (nSPS) is 19.5. The van der Waals surface area contributed by atoms with Gasteiger partial charge in [0.25, 0.3) is 0 Å². The highest BCUT2D eigenvalue weighted by Crippen LogP contribution is 2.41. The topological polar surface area (TPSA) is 84.9 Å². The van der Waals surface area contributed by atoms with Crippen LogP contribution in [-0.4, -0.2) is 64.1 Å². The predicted octanol–water partition coefficient (Wildman–Crippen LogP) is 2.23. The molecule has 2 fully saturated rings. The summed E-state index contributed by atoms with van der Waals surface area (Å²) >= 11 is 0. The summed E-state index contributed by atoms with van der Waals surface area (Å²) in [6.45, 7) is 7.99. The Morgan fingerprint density at radius 2 is 2.00 bits per heavy atom. The molecule has 2 saturated heterocycles. The fraction of sp³-hybridized carbons (Fsp3) is 0.684. The molecule has 1 aromatic rings. The van der Waals surface area contributed by atoms with Crippen LogP contribution in [0, 0.1) is 5.41 Å². The van der Waals surface area contributed by atoms with Crippen LogP contribution in [0.2, 0.25) is 0 Å². The van der Waals surface area contributed by atoms with Crippen molar-refractivity contribution in [2.45, 2.75) is 52.2 Å². The average molecular weight is 376 g/mol. The van der Waals surface area contributed by atoms with Gasteiger partial charge in [0.1, 0.15) is 5.60 Å². The number of carbonyl (C=O) groups excluding carboxylic acids is 2. The van der Waals surface area contributed by atoms with E-state index in [0.29, 0.717) is 38.6 Å². The lowest BCUT2D eigenvalue weighted by Gasteiger charge is -2.39. The number of ether oxygens (including phenoxy) is 2. The molecule has 0 bridgehead atoms. The van der Waals surface area contributed by atoms with Gasteiger partial charge in [-0.05, 0) is 39.7 Å². The van der Waals surface area contributed by atoms with Crippen LogP contribution in [0.15, 0.2) is 12.3 Å². The highest BCUT2D eigenvalue weighted by molar-refractivity contribution is 5.79. The lowest BCUT2D eigenvalue weighted by molar-refractivity contribution is -0.128. The largest absolute Gasteiger partial charge is 0.467 e. The third-order valence-corrected chi connectivity index (χ3v) is 5.11. The molecule has 0 unspecified atom stereocenters. The van der Waals surface area contributed by atoms with Crippen molar-refractivity contribution in [1.82, 2.24) is 19.8 Å². The van der Waals surface area contributed by atoms with E-state index in [9.17, 15) is 9.59 Å². The van der Waals surface area contributed by atoms with Crippen molar-refractivity contribution in [3.63, 3.8) is 0 Å². The lowest BCUT2D eigenvalue weighted by Crippen LogP contribution is -2.46. The Morgan fingerprint density at radius 3 is 2.63 bits per heavy atom. The fourth-order valence-electron chi connectivity index (χ4n) is 3.71. The number of aromatic nitrogens is 2. The quantitative estimate of drug-likeness (QED) is 0.804. The van der Waals surface area contributed by atoms with Crippen LogP contribution in [0.1, 0.15) is 45.7 Å². The van der Waals surface area contributed by atoms with Crippen molar-refractivity contribution in [2.75, 3.05) is 26.7 Å². The molecule has 1 spiro atoms. The molecule has 27 heavy (non-hydrogen) atoms. The zero-order valence-corrected chi connectivity index (χ0v) is 16.5. The first-order valence-electron chi connectivity index (χ1n) is 9.31. The van der Waals surface area contributed by atoms with Crippen LogP contribution in [0.4, 0.5) is 4.79 Å². The minimum absolute atomic E-state index is 0.0628. The molecule has 3 heterocycles. The molecule has 0 saturated carbocycles. The number of piperidine rings is 1. The predicted molar refractivity (Wildman–Crippen MR) is 98.1 cm³/mol. The van der Waals surface area contributed by atoms with Crippen LogP contribution in [0.25, 0.3) is 0 Å². The maximum Gasteiger partial charge on any atom is 0.410 e. The van der Waals surface area contributed by atoms with Gasteiger partial charge >= 0.3 is 12.1 Å². The number of likely N-dealkylation sites (tertiary alicyclic amines) is 2. The Kier molecular flexibility index (Phi) is 5.26. The lowest BCUT2D eigenvalue weighted by atomic mass is 9.78. The summed E-state index contributed by atoms with van der Waals surface area (Å²) in [4.78, 5) is 36.7. The Hall–Kier alpha value is -2.38. The number of amides is 2. The van der Waals surface area contributed by atoms with Crippen molar-refractivity contribution >= 4 is 12.0 Å². The first-order valence-corrected chi connectivity index (χ1v) is 9.31. The smallest absolute Gasteiger partial charge is 0.410 e. The second-order valence-corrected chi connectivity index (χ2v) is 8.43. The average Bonchev–Trinajstić information content (AvgIpc) is 2.89. The number of hydrogen-bond acceptors (Lipinski definition) is 6. The van der Waals surface area contributed by atoms with Crippen LogP contribution in [-0.2, 0) is 16.1 Å². The van der Waals surface area contributed by atoms with Gasteiger partial charge in [0.05, 0.1) is 19.3 Å². The molecule has 2 aliphatic rings. The van der Waals surface area contributed by atoms with E-state index < -0.39 is 5.60 Å². The molecule has 8 heteroatoms. The minimum Gasteiger partial charge on any atom is -0.467 e. The van der Waals surface area contributed by atoms with Gasteiger partial charge in [0.15, 0.2) is 0 Å². The molecule has 2 amide bonds. The van der Waals surface area contributed by atoms with Gasteiger partial charge in [-0.1, -0.05) is 0 Å². The molecule has 1 aromatic heterocycles. The number of carbonyl (C=O) groups is 2. The second-order valence-electron chi connectivity index (χ2n) is 8.43. The molecular weight excluding hydrogens is 348 g/mol. The Morgan fingerprint density at radius 1 is 1.30 bits per heavy atom. The highest BCUT2D eigenvalue weighted by Gasteiger charge is 2.45. The van der Waals surface area contributed by atoms with Crippen molar-refractivity contribution in [1.29, 1.82) is 0 Å². The molecular formula is C19H28N4O4. The third-order valence-electron chi connectivity index (χ3n) is 5.11. The first kappa shape index (κ1) is 19.4. The van der Waals surface area contributed by atoms with Gasteiger partial charge in [0, 0.05) is 37.7 Å². The highest BCUT2D eigenvalue weighted by atomic mass is 16.6. The van der Waals surface area contributed by atoms with Crippen LogP contribution in [0.3, 0.4) is 0 Å². The number of rotatable bonds is 3. The maximum absolute atomic E-state index is 12.6. The molecule has 0 atom stereocenters. The second kappa shape index (κ2) is 7.32. The molecule has 8 nitrogen and oxygen atoms in total. The van der Waals surface area contributed by atoms with Gasteiger partial charge in [-0.25, -0.2) is 9.78 Å². The zero-order valence-electron chi connectivity index (χ0n) is 16.5. The molecule has 2 aliphatic heterocycles. The molecule has 3 rings (SSSR count). The standard InChI is InChI=1S/C19H28N4O4/c1-18(2,3)27-17(25)22-9-6-19(7-10-22)11-15(24)23(13-19)12-14-5-8-20-16(21-14)26-4/h5,8H,6-7,9-13H2,1-4H3. The zero-order chi connectivity index (χ0) is 19.7. The van der Waals surface area contributed by atoms with E-state index in [4.69, 9.17) is 9.47 Å². The molecule has 148 valence electrons. The van der Waals surface area contributed by atoms with Gasteiger partial charge in [0.2, 0.25) is 5.91 Å². The first-order chi connectivity index (χ1) is 12.7. The van der Waals surface area contributed by atoms with E-state index in [2.05, 4.69) is 9.97 Å². The minimum atomic E-state index is -0.495. The molecule has 0 N–H and O–H groups in total. The summed E-state index contributed by atoms with van der Waals surface area (Å²) in [5, 5.41) is 0. The van der Waals surface area contributed by atoms with Crippen LogP contribution >= 0.6 is 0 Å². The summed E-state index contributed by atoms with van der Waals surface area (Å²) in [7, 11) is 1.52. The summed E-state index contributed by atoms with van der Waals surface area (Å²) in [5.74, 6) is 0.137. The van der Waals surface area contributed by atoms with E-state index >= 15 is 0 Å². The van der Waals surface area contributed by atoms with Crippen LogP contribution in [0.5, 0.6) is 6.01 Å². The fourth-order valence-corrected chi connectivity index (χ4v) is 3.71. The number of hydrogen-bond donors (Lipinski definition) is 0. The monoisotopic (exact) mass is 376 g/mol. The van der Waals surface area contributed by atoms with Gasteiger partial charge in [-0.15, -0.1) is 0 Å². The van der Waals surface area contributed by atoms with Gasteiger partial charge < -0.3 is 19.3 Å². The number of nitrogens with zero attached hydrogens (tertiary/aromatic N) is 4. The Bertz CT molecular complexity index is 708. The Labute approximate surface area is 159 Å². The SMILES string of the molecule is COc1nccc(CN2CC3(CCN(C(=O)OC(C)(C)C)CC3)CC2=O)n1. The molecule has 0 radical (unpaired) electrons. The van der Waals surface area contributed by atoms with E-state index in [1.165, 1.54) is 7.11 Å². The van der Waals surface area contributed by atoms with Gasteiger partial charge in [-0.3, -0.25) is 4.79 Å². The Balaban J connectivity index is 1.58. The summed E-state index contributed by atoms with van der Waals surface area (Å²) < 4.78 is 10.5.